The number of para-hydroxylation sites is 1. The van der Waals surface area contributed by atoms with Gasteiger partial charge in [-0.05, 0) is 31.2 Å². The van der Waals surface area contributed by atoms with E-state index in [1.54, 1.807) is 24.5 Å². The summed E-state index contributed by atoms with van der Waals surface area (Å²) < 4.78 is 5.66. The molecule has 6 nitrogen and oxygen atoms in total. The van der Waals surface area contributed by atoms with Crippen molar-refractivity contribution in [2.45, 2.75) is 13.0 Å². The van der Waals surface area contributed by atoms with Crippen LogP contribution in [0.2, 0.25) is 0 Å². The zero-order chi connectivity index (χ0) is 15.6. The van der Waals surface area contributed by atoms with E-state index in [0.29, 0.717) is 18.3 Å². The highest BCUT2D eigenvalue weighted by Crippen LogP contribution is 2.09. The van der Waals surface area contributed by atoms with Crippen molar-refractivity contribution in [3.05, 3.63) is 54.9 Å². The van der Waals surface area contributed by atoms with Crippen LogP contribution in [0.15, 0.2) is 59.9 Å². The SMILES string of the molecule is CC(COc1ccccc1)NC(=Nc1cccnc1)NC#N. The fourth-order valence-electron chi connectivity index (χ4n) is 1.71. The lowest BCUT2D eigenvalue weighted by molar-refractivity contribution is 0.286. The van der Waals surface area contributed by atoms with Crippen molar-refractivity contribution in [3.8, 4) is 11.9 Å². The van der Waals surface area contributed by atoms with Crippen molar-refractivity contribution in [1.29, 1.82) is 5.26 Å². The van der Waals surface area contributed by atoms with Gasteiger partial charge in [-0.3, -0.25) is 10.3 Å². The molecule has 1 unspecified atom stereocenters. The molecule has 0 fully saturated rings. The Morgan fingerprint density at radius 2 is 2.14 bits per heavy atom. The highest BCUT2D eigenvalue weighted by molar-refractivity contribution is 5.83. The number of pyridine rings is 1. The molecule has 1 aromatic heterocycles. The summed E-state index contributed by atoms with van der Waals surface area (Å²) in [6.45, 7) is 2.39. The van der Waals surface area contributed by atoms with Crippen LogP contribution in [0, 0.1) is 11.5 Å². The summed E-state index contributed by atoms with van der Waals surface area (Å²) in [5.74, 6) is 1.16. The van der Waals surface area contributed by atoms with Gasteiger partial charge >= 0.3 is 0 Å². The second-order valence-electron chi connectivity index (χ2n) is 4.58. The summed E-state index contributed by atoms with van der Waals surface area (Å²) in [5.41, 5.74) is 0.656. The topological polar surface area (TPSA) is 82.3 Å². The molecule has 1 atom stereocenters. The molecule has 1 aromatic carbocycles. The maximum Gasteiger partial charge on any atom is 0.210 e. The minimum absolute atomic E-state index is 0.0310. The van der Waals surface area contributed by atoms with Gasteiger partial charge in [0.05, 0.1) is 17.9 Å². The number of hydrogen-bond donors (Lipinski definition) is 2. The molecule has 0 spiro atoms. The van der Waals surface area contributed by atoms with Gasteiger partial charge in [-0.1, -0.05) is 18.2 Å². The molecule has 1 heterocycles. The minimum Gasteiger partial charge on any atom is -0.491 e. The third-order valence-electron chi connectivity index (χ3n) is 2.69. The summed E-state index contributed by atoms with van der Waals surface area (Å²) in [6.07, 6.45) is 5.15. The quantitative estimate of drug-likeness (QED) is 0.382. The summed E-state index contributed by atoms with van der Waals surface area (Å²) in [5, 5.41) is 14.4. The van der Waals surface area contributed by atoms with Crippen molar-refractivity contribution >= 4 is 11.6 Å². The lowest BCUT2D eigenvalue weighted by Gasteiger charge is -2.16. The van der Waals surface area contributed by atoms with Crippen LogP contribution in [0.25, 0.3) is 0 Å². The van der Waals surface area contributed by atoms with Gasteiger partial charge in [0, 0.05) is 6.20 Å². The molecular formula is C16H17N5O. The number of ether oxygens (including phenoxy) is 1. The average Bonchev–Trinajstić information content (AvgIpc) is 2.55. The van der Waals surface area contributed by atoms with E-state index in [9.17, 15) is 0 Å². The first-order valence-electron chi connectivity index (χ1n) is 6.86. The fourth-order valence-corrected chi connectivity index (χ4v) is 1.71. The molecule has 0 saturated carbocycles. The van der Waals surface area contributed by atoms with Crippen LogP contribution in [0.3, 0.4) is 0 Å². The maximum absolute atomic E-state index is 8.81. The average molecular weight is 295 g/mol. The molecule has 112 valence electrons. The standard InChI is InChI=1S/C16H17N5O/c1-13(11-22-15-7-3-2-4-8-15)20-16(19-12-17)21-14-6-5-9-18-10-14/h2-10,13H,11H2,1H3,(H2,19,20,21). The van der Waals surface area contributed by atoms with Crippen LogP contribution >= 0.6 is 0 Å². The lowest BCUT2D eigenvalue weighted by Crippen LogP contribution is -2.42. The third kappa shape index (κ3) is 5.13. The van der Waals surface area contributed by atoms with Crippen molar-refractivity contribution in [2.24, 2.45) is 4.99 Å². The second-order valence-corrected chi connectivity index (χ2v) is 4.58. The van der Waals surface area contributed by atoms with E-state index in [-0.39, 0.29) is 6.04 Å². The van der Waals surface area contributed by atoms with E-state index in [0.717, 1.165) is 5.75 Å². The van der Waals surface area contributed by atoms with Crippen molar-refractivity contribution in [2.75, 3.05) is 6.61 Å². The normalized spacial score (nSPS) is 12.1. The smallest absolute Gasteiger partial charge is 0.210 e. The van der Waals surface area contributed by atoms with Gasteiger partial charge in [0.15, 0.2) is 6.19 Å². The Bertz CT molecular complexity index is 637. The molecule has 0 aliphatic heterocycles. The van der Waals surface area contributed by atoms with Crippen LogP contribution in [0.4, 0.5) is 5.69 Å². The first kappa shape index (κ1) is 15.3. The zero-order valence-electron chi connectivity index (χ0n) is 12.2. The third-order valence-corrected chi connectivity index (χ3v) is 2.69. The Morgan fingerprint density at radius 3 is 2.82 bits per heavy atom. The molecule has 0 saturated heterocycles. The molecule has 0 radical (unpaired) electrons. The summed E-state index contributed by atoms with van der Waals surface area (Å²) in [4.78, 5) is 8.28. The fraction of sp³-hybridized carbons (Fsp3) is 0.188. The largest absolute Gasteiger partial charge is 0.491 e. The molecule has 2 aromatic rings. The van der Waals surface area contributed by atoms with Crippen molar-refractivity contribution in [1.82, 2.24) is 15.6 Å². The summed E-state index contributed by atoms with van der Waals surface area (Å²) >= 11 is 0. The molecule has 2 rings (SSSR count). The van der Waals surface area contributed by atoms with Gasteiger partial charge in [0.2, 0.25) is 5.96 Å². The highest BCUT2D eigenvalue weighted by atomic mass is 16.5. The van der Waals surface area contributed by atoms with E-state index in [1.807, 2.05) is 43.4 Å². The monoisotopic (exact) mass is 295 g/mol. The van der Waals surface area contributed by atoms with E-state index < -0.39 is 0 Å². The number of rotatable bonds is 5. The Hall–Kier alpha value is -3.07. The van der Waals surface area contributed by atoms with Crippen LogP contribution in [-0.4, -0.2) is 23.6 Å². The van der Waals surface area contributed by atoms with Gasteiger partial charge in [0.1, 0.15) is 12.4 Å². The summed E-state index contributed by atoms with van der Waals surface area (Å²) in [6, 6.07) is 13.1. The second kappa shape index (κ2) is 8.27. The number of aliphatic imine (C=N–C) groups is 1. The van der Waals surface area contributed by atoms with Crippen LogP contribution in [-0.2, 0) is 0 Å². The number of nitrogens with one attached hydrogen (secondary N) is 2. The summed E-state index contributed by atoms with van der Waals surface area (Å²) in [7, 11) is 0. The van der Waals surface area contributed by atoms with Gasteiger partial charge in [-0.2, -0.15) is 5.26 Å². The van der Waals surface area contributed by atoms with Gasteiger partial charge in [0.25, 0.3) is 0 Å². The van der Waals surface area contributed by atoms with Gasteiger partial charge < -0.3 is 10.1 Å². The molecule has 2 N–H and O–H groups in total. The predicted octanol–water partition coefficient (Wildman–Crippen LogP) is 2.20. The molecule has 6 heteroatoms. The predicted molar refractivity (Wildman–Crippen MR) is 84.6 cm³/mol. The van der Waals surface area contributed by atoms with E-state index in [2.05, 4.69) is 20.6 Å². The van der Waals surface area contributed by atoms with Gasteiger partial charge in [-0.25, -0.2) is 4.99 Å². The molecule has 0 aliphatic carbocycles. The van der Waals surface area contributed by atoms with Crippen molar-refractivity contribution < 1.29 is 4.74 Å². The van der Waals surface area contributed by atoms with Crippen LogP contribution < -0.4 is 15.4 Å². The molecule has 0 aliphatic rings. The number of nitrogens with zero attached hydrogens (tertiary/aromatic N) is 3. The molecule has 22 heavy (non-hydrogen) atoms. The highest BCUT2D eigenvalue weighted by Gasteiger charge is 2.06. The Labute approximate surface area is 129 Å². The Balaban J connectivity index is 1.93. The van der Waals surface area contributed by atoms with Gasteiger partial charge in [-0.15, -0.1) is 0 Å². The maximum atomic E-state index is 8.81. The van der Waals surface area contributed by atoms with Crippen LogP contribution in [0.5, 0.6) is 5.75 Å². The molecule has 0 bridgehead atoms. The first-order valence-corrected chi connectivity index (χ1v) is 6.86. The number of guanidine groups is 1. The van der Waals surface area contributed by atoms with E-state index >= 15 is 0 Å². The molecular weight excluding hydrogens is 278 g/mol. The van der Waals surface area contributed by atoms with Crippen LogP contribution in [0.1, 0.15) is 6.92 Å². The minimum atomic E-state index is -0.0310. The zero-order valence-corrected chi connectivity index (χ0v) is 12.2. The first-order chi connectivity index (χ1) is 10.8. The number of hydrogen-bond acceptors (Lipinski definition) is 4. The lowest BCUT2D eigenvalue weighted by atomic mass is 10.3. The molecule has 0 amide bonds. The number of nitriles is 1. The Kier molecular flexibility index (Phi) is 5.76. The Morgan fingerprint density at radius 1 is 1.32 bits per heavy atom. The number of aromatic nitrogens is 1. The number of benzene rings is 1. The van der Waals surface area contributed by atoms with Crippen molar-refractivity contribution in [3.63, 3.8) is 0 Å². The van der Waals surface area contributed by atoms with E-state index in [1.165, 1.54) is 0 Å². The van der Waals surface area contributed by atoms with E-state index in [4.69, 9.17) is 10.00 Å².